The molecule has 3 amide bonds. The molecule has 9 aromatic carbocycles. The largest absolute Gasteiger partial charge is 0.387 e. The third kappa shape index (κ3) is 33.1. The number of benzene rings is 9. The van der Waals surface area contributed by atoms with Gasteiger partial charge in [0.25, 0.3) is 11.8 Å². The molecule has 5 saturated heterocycles. The van der Waals surface area contributed by atoms with Crippen LogP contribution in [0.1, 0.15) is 259 Å². The first-order valence-electron chi connectivity index (χ1n) is 51.3. The van der Waals surface area contributed by atoms with Crippen LogP contribution in [0.4, 0.5) is 48.6 Å². The zero-order valence-corrected chi connectivity index (χ0v) is 87.6. The first kappa shape index (κ1) is 110. The van der Waals surface area contributed by atoms with Crippen molar-refractivity contribution < 1.29 is 28.3 Å². The lowest BCUT2D eigenvalue weighted by atomic mass is 9.96. The van der Waals surface area contributed by atoms with E-state index < -0.39 is 11.6 Å². The minimum Gasteiger partial charge on any atom is -0.387 e. The molecule has 7 aliphatic rings. The number of primary amides is 1. The van der Waals surface area contributed by atoms with Crippen LogP contribution < -0.4 is 67.0 Å². The third-order valence-electron chi connectivity index (χ3n) is 26.8. The molecule has 140 heavy (non-hydrogen) atoms. The van der Waals surface area contributed by atoms with E-state index in [1.807, 2.05) is 99.6 Å². The number of likely N-dealkylation sites (N-methyl/N-ethyl adjacent to an activating group) is 1. The number of amides is 3. The number of carbonyl (C=O) groups is 3. The van der Waals surface area contributed by atoms with E-state index in [4.69, 9.17) is 10.8 Å². The maximum atomic E-state index is 14.0. The van der Waals surface area contributed by atoms with Crippen molar-refractivity contribution in [1.82, 2.24) is 51.4 Å². The van der Waals surface area contributed by atoms with Crippen molar-refractivity contribution in [2.45, 2.75) is 197 Å². The second-order valence-electron chi connectivity index (χ2n) is 40.1. The van der Waals surface area contributed by atoms with E-state index >= 15 is 0 Å². The summed E-state index contributed by atoms with van der Waals surface area (Å²) < 4.78 is 29.9. The Hall–Kier alpha value is -11.5. The van der Waals surface area contributed by atoms with Gasteiger partial charge in [0.15, 0.2) is 0 Å². The van der Waals surface area contributed by atoms with Crippen molar-refractivity contribution in [3.8, 4) is 5.69 Å². The van der Waals surface area contributed by atoms with Crippen LogP contribution in [0.15, 0.2) is 212 Å². The summed E-state index contributed by atoms with van der Waals surface area (Å²) in [6, 6.07) is 68.1. The number of imidazole rings is 1. The Kier molecular flexibility index (Phi) is 43.9. The van der Waals surface area contributed by atoms with Crippen molar-refractivity contribution in [3.05, 3.63) is 291 Å². The summed E-state index contributed by atoms with van der Waals surface area (Å²) in [7, 11) is 4.03. The number of hydrazone groups is 1. The lowest BCUT2D eigenvalue weighted by Crippen LogP contribution is -2.49. The van der Waals surface area contributed by atoms with Gasteiger partial charge in [0.05, 0.1) is 28.8 Å². The summed E-state index contributed by atoms with van der Waals surface area (Å²) in [6.45, 7) is 59.4. The number of nitrogens with two attached hydrogens (primary N) is 1. The van der Waals surface area contributed by atoms with Gasteiger partial charge in [0, 0.05) is 216 Å². The number of hydrogen-bond donors (Lipinski definition) is 8. The fourth-order valence-corrected chi connectivity index (χ4v) is 17.9. The van der Waals surface area contributed by atoms with Gasteiger partial charge in [-0.15, -0.1) is 0 Å². The molecule has 5 fully saturated rings. The summed E-state index contributed by atoms with van der Waals surface area (Å²) >= 11 is 0. The first-order chi connectivity index (χ1) is 67.2. The molecule has 8 heterocycles. The van der Waals surface area contributed by atoms with Gasteiger partial charge in [-0.25, -0.2) is 13.8 Å². The molecule has 0 spiro atoms. The number of piperazine rings is 4. The summed E-state index contributed by atoms with van der Waals surface area (Å²) in [5.41, 5.74) is 29.2. The van der Waals surface area contributed by atoms with Crippen molar-refractivity contribution in [1.29, 1.82) is 0 Å². The predicted molar refractivity (Wildman–Crippen MR) is 582 cm³/mol. The highest BCUT2D eigenvalue weighted by Crippen LogP contribution is 2.35. The lowest BCUT2D eigenvalue weighted by Gasteiger charge is -2.33. The zero-order valence-electron chi connectivity index (χ0n) is 87.6. The molecule has 0 aliphatic carbocycles. The molecule has 22 nitrogen and oxygen atoms in total. The smallest absolute Gasteiger partial charge is 0.253 e. The van der Waals surface area contributed by atoms with E-state index in [1.165, 1.54) is 79.4 Å². The summed E-state index contributed by atoms with van der Waals surface area (Å²) in [6.07, 6.45) is 6.85. The average Bonchev–Trinajstić information content (AvgIpc) is 1.48. The maximum absolute atomic E-state index is 14.0. The highest BCUT2D eigenvalue weighted by molar-refractivity contribution is 6.01. The molecule has 10 aromatic rings. The number of hydrogen-bond acceptors (Lipinski definition) is 18. The number of rotatable bonds is 20. The fourth-order valence-electron chi connectivity index (χ4n) is 17.9. The molecule has 1 aromatic heterocycles. The van der Waals surface area contributed by atoms with Crippen LogP contribution in [0.25, 0.3) is 5.69 Å². The van der Waals surface area contributed by atoms with E-state index in [-0.39, 0.29) is 35.9 Å². The quantitative estimate of drug-likeness (QED) is 0.0355. The highest BCUT2D eigenvalue weighted by Gasteiger charge is 2.27. The van der Waals surface area contributed by atoms with Crippen LogP contribution in [0, 0.1) is 18.6 Å². The molecule has 0 bridgehead atoms. The van der Waals surface area contributed by atoms with E-state index in [9.17, 15) is 23.2 Å². The Morgan fingerprint density at radius 2 is 0.914 bits per heavy atom. The molecular formula is C116H164F2N18O4. The Morgan fingerprint density at radius 3 is 1.38 bits per heavy atom. The molecule has 9 N–H and O–H groups in total. The summed E-state index contributed by atoms with van der Waals surface area (Å²) in [5, 5.41) is 34.8. The van der Waals surface area contributed by atoms with E-state index in [0.29, 0.717) is 90.7 Å². The van der Waals surface area contributed by atoms with E-state index in [1.54, 1.807) is 9.80 Å². The maximum Gasteiger partial charge on any atom is 0.253 e. The normalized spacial score (nSPS) is 16.5. The number of fused-ring (bicyclic) bond motifs is 1. The van der Waals surface area contributed by atoms with Gasteiger partial charge in [-0.1, -0.05) is 214 Å². The Labute approximate surface area is 836 Å². The van der Waals surface area contributed by atoms with E-state index in [2.05, 4.69) is 316 Å². The molecule has 17 rings (SSSR count). The van der Waals surface area contributed by atoms with Crippen LogP contribution in [0.2, 0.25) is 0 Å². The highest BCUT2D eigenvalue weighted by atomic mass is 19.1. The van der Waals surface area contributed by atoms with E-state index in [0.717, 1.165) is 165 Å². The minimum absolute atomic E-state index is 0.00639. The average molecular weight is 1910 g/mol. The SMILES string of the molecule is CC(C)c1cc(F)c(N2CCNCC2)c(F)c1.CC(C)c1ccc(C2C=NN(C)C2)cc1.CC(C)c1ccc(N2CCCN(C(=O)CO)CC2)cc1.CC(C)c1ccc(N2CCNC(=O)c3ccccc32)cc1.CC(C)c1ccc(N2CCNCC2)c(C(N)=O)c1.CC1CN(c2ccc(C(C)C)cc2)CCN1.CNCc1cc(C(C)C)ccc1N1CCNCC1.Cc1cn(-c2ccc(C(C)C)cc2)cn1. The Bertz CT molecular complexity index is 5410. The number of nitrogens with zero attached hydrogens (tertiary/aromatic N) is 11. The van der Waals surface area contributed by atoms with Gasteiger partial charge >= 0.3 is 0 Å². The van der Waals surface area contributed by atoms with Crippen LogP contribution in [-0.2, 0) is 11.3 Å². The monoisotopic (exact) mass is 1910 g/mol. The molecule has 756 valence electrons. The van der Waals surface area contributed by atoms with Crippen LogP contribution in [0.3, 0.4) is 0 Å². The molecule has 2 unspecified atom stereocenters. The van der Waals surface area contributed by atoms with Crippen molar-refractivity contribution >= 4 is 63.7 Å². The standard InChI is InChI=1S/C18H20N2O.C16H24N2O2.C15H25N3.C14H21N3O.C14H22N2.C13H18F2N2.C13H18N2.C13H16N2/c1-13(2)14-7-9-15(10-8-14)20-12-11-19-18(21)16-5-3-4-6-17(16)20;1-13(2)14-4-6-15(7-5-14)17-8-3-9-18(11-10-17)16(20)12-19;1-12(2)13-4-5-15(14(10-13)11-16-3)18-8-6-17-7-9-18;1-10(2)11-3-4-13(12(9-11)14(15)18)17-7-5-16-6-8-17;1-11(2)13-4-6-14(7-5-13)16-9-8-15-12(3)10-16;1-9(2)10-7-11(14)13(12(15)8-10)17-5-3-16-4-6-17;1-10(2)11-4-6-12(7-5-11)13-8-14-15(3)9-13;1-10(2)12-4-6-13(7-5-12)15-8-11(3)14-9-15/h3-10,13H,11-12H2,1-2H3,(H,19,21);4-7,13,19H,3,8-12H2,1-2H3;4-5,10,12,16-17H,6-9,11H2,1-3H3;3-4,9-10,16H,5-8H2,1-2H3,(H2,15,18);4-7,11-12,15H,8-10H2,1-3H3;7-9,16H,3-6H2,1-2H3;4-8,10,13H,9H2,1-3H3;4-10H,1-3H3. The first-order valence-corrected chi connectivity index (χ1v) is 51.3. The molecule has 24 heteroatoms. The second-order valence-corrected chi connectivity index (χ2v) is 40.1. The summed E-state index contributed by atoms with van der Waals surface area (Å²) in [4.78, 5) is 54.7. The number of para-hydroxylation sites is 1. The third-order valence-corrected chi connectivity index (χ3v) is 26.8. The van der Waals surface area contributed by atoms with Crippen LogP contribution in [-0.4, -0.2) is 219 Å². The van der Waals surface area contributed by atoms with Crippen molar-refractivity contribution in [3.63, 3.8) is 0 Å². The van der Waals surface area contributed by atoms with Gasteiger partial charge in [-0.3, -0.25) is 19.4 Å². The number of anilines is 7. The molecule has 7 aliphatic heterocycles. The number of carbonyl (C=O) groups excluding carboxylic acids is 3. The number of nitrogens with one attached hydrogen (secondary N) is 6. The van der Waals surface area contributed by atoms with Gasteiger partial charge < -0.3 is 81.6 Å². The minimum atomic E-state index is -0.449. The van der Waals surface area contributed by atoms with Crippen molar-refractivity contribution in [2.24, 2.45) is 10.8 Å². The zero-order chi connectivity index (χ0) is 101. The molecule has 2 atom stereocenters. The Balaban J connectivity index is 0.000000165. The van der Waals surface area contributed by atoms with Crippen LogP contribution >= 0.6 is 0 Å². The van der Waals surface area contributed by atoms with Crippen LogP contribution in [0.5, 0.6) is 0 Å². The Morgan fingerprint density at radius 1 is 0.464 bits per heavy atom. The lowest BCUT2D eigenvalue weighted by molar-refractivity contribution is -0.133. The van der Waals surface area contributed by atoms with Gasteiger partial charge in [0.2, 0.25) is 5.91 Å². The van der Waals surface area contributed by atoms with Gasteiger partial charge in [-0.05, 0) is 221 Å². The fraction of sp³-hybridized carbons (Fsp3) is 0.474. The molecule has 0 radical (unpaired) electrons. The number of halogens is 2. The molecule has 0 saturated carbocycles. The van der Waals surface area contributed by atoms with Gasteiger partial charge in [0.1, 0.15) is 23.9 Å². The second kappa shape index (κ2) is 55.6. The number of aryl methyl sites for hydroxylation is 1. The number of aliphatic hydroxyl groups excluding tert-OH is 1. The molecular weight excluding hydrogens is 1750 g/mol. The van der Waals surface area contributed by atoms with Crippen molar-refractivity contribution in [2.75, 3.05) is 194 Å². The number of aromatic nitrogens is 2. The predicted octanol–water partition coefficient (Wildman–Crippen LogP) is 20.0. The summed E-state index contributed by atoms with van der Waals surface area (Å²) in [5.74, 6) is 3.10. The topological polar surface area (TPSA) is 226 Å². The van der Waals surface area contributed by atoms with Gasteiger partial charge in [-0.2, -0.15) is 5.10 Å². The number of aliphatic hydroxyl groups is 1.